The third-order valence-corrected chi connectivity index (χ3v) is 6.10. The number of nitrogens with one attached hydrogen (secondary N) is 3. The van der Waals surface area contributed by atoms with Gasteiger partial charge in [-0.1, -0.05) is 0 Å². The summed E-state index contributed by atoms with van der Waals surface area (Å²) in [6.07, 6.45) is 7.69. The number of aryl methyl sites for hydroxylation is 1. The van der Waals surface area contributed by atoms with Crippen LogP contribution in [0.5, 0.6) is 5.75 Å². The number of nitrogens with zero attached hydrogens (tertiary/aromatic N) is 3. The Bertz CT molecular complexity index is 1040. The minimum absolute atomic E-state index is 0.0393. The van der Waals surface area contributed by atoms with E-state index < -0.39 is 17.7 Å². The number of hydrogen-bond donors (Lipinski definition) is 3. The molecule has 31 heavy (non-hydrogen) atoms. The fraction of sp³-hybridized carbons (Fsp3) is 0.364. The van der Waals surface area contributed by atoms with Crippen LogP contribution in [0.4, 0.5) is 8.78 Å². The van der Waals surface area contributed by atoms with E-state index in [-0.39, 0.29) is 35.9 Å². The number of halogens is 2. The molecule has 0 bridgehead atoms. The summed E-state index contributed by atoms with van der Waals surface area (Å²) in [5, 5.41) is 7.54. The molecule has 2 aliphatic rings. The maximum absolute atomic E-state index is 15.0. The van der Waals surface area contributed by atoms with Crippen molar-refractivity contribution < 1.29 is 13.5 Å². The summed E-state index contributed by atoms with van der Waals surface area (Å²) in [6, 6.07) is 5.91. The van der Waals surface area contributed by atoms with Crippen LogP contribution in [0.25, 0.3) is 0 Å². The van der Waals surface area contributed by atoms with Gasteiger partial charge in [-0.3, -0.25) is 15.1 Å². The molecule has 0 aliphatic carbocycles. The largest absolute Gasteiger partial charge is 0.489 e. The third-order valence-electron chi connectivity index (χ3n) is 6.10. The number of fused-ring (bicyclic) bond motifs is 1. The van der Waals surface area contributed by atoms with Crippen molar-refractivity contribution in [3.8, 4) is 5.75 Å². The molecule has 5 rings (SSSR count). The van der Waals surface area contributed by atoms with Crippen LogP contribution in [-0.2, 0) is 13.7 Å². The van der Waals surface area contributed by atoms with Crippen LogP contribution < -0.4 is 20.9 Å². The van der Waals surface area contributed by atoms with E-state index in [1.54, 1.807) is 29.2 Å². The van der Waals surface area contributed by atoms with Gasteiger partial charge in [0.2, 0.25) is 0 Å². The van der Waals surface area contributed by atoms with E-state index in [1.807, 2.05) is 19.4 Å². The van der Waals surface area contributed by atoms with Gasteiger partial charge in [0.25, 0.3) is 0 Å². The maximum atomic E-state index is 15.0. The van der Waals surface area contributed by atoms with E-state index in [0.29, 0.717) is 13.0 Å². The van der Waals surface area contributed by atoms with Crippen LogP contribution in [0.15, 0.2) is 49.1 Å². The Kier molecular flexibility index (Phi) is 5.39. The van der Waals surface area contributed by atoms with E-state index >= 15 is 0 Å². The molecule has 0 saturated carbocycles. The molecule has 0 amide bonds. The number of rotatable bonds is 5. The third kappa shape index (κ3) is 4.04. The minimum Gasteiger partial charge on any atom is -0.489 e. The maximum Gasteiger partial charge on any atom is 0.134 e. The van der Waals surface area contributed by atoms with Crippen LogP contribution in [0.1, 0.15) is 35.2 Å². The average Bonchev–Trinajstić information content (AvgIpc) is 3.38. The summed E-state index contributed by atoms with van der Waals surface area (Å²) in [6.45, 7) is 0.828. The van der Waals surface area contributed by atoms with Crippen LogP contribution in [-0.4, -0.2) is 27.4 Å². The second-order valence-corrected chi connectivity index (χ2v) is 8.13. The summed E-state index contributed by atoms with van der Waals surface area (Å²) in [5.41, 5.74) is 8.61. The standard InChI is InChI=1S/C22H24F2N6O/c1-30-11-14(9-27-30)22-16-8-19(26-10-20(16)28-29-22)21-17(23)6-15(7-18(21)24)31-12-13-2-4-25-5-3-13/h2-7,9,11,16,19-20,22,26,28-29H,8,10,12H2,1H3. The van der Waals surface area contributed by atoms with E-state index in [1.165, 1.54) is 12.1 Å². The molecular formula is C22H24F2N6O. The molecule has 2 aliphatic heterocycles. The SMILES string of the molecule is Cn1cc(C2NNC3CNC(c4c(F)cc(OCc5ccncc5)cc4F)CC32)cn1. The summed E-state index contributed by atoms with van der Waals surface area (Å²) < 4.78 is 37.3. The zero-order chi connectivity index (χ0) is 21.4. The lowest BCUT2D eigenvalue weighted by molar-refractivity contribution is 0.257. The van der Waals surface area contributed by atoms with Gasteiger partial charge in [0, 0.05) is 67.5 Å². The van der Waals surface area contributed by atoms with Gasteiger partial charge in [-0.25, -0.2) is 14.2 Å². The zero-order valence-corrected chi connectivity index (χ0v) is 17.1. The molecule has 3 N–H and O–H groups in total. The van der Waals surface area contributed by atoms with Gasteiger partial charge in [0.15, 0.2) is 0 Å². The van der Waals surface area contributed by atoms with Gasteiger partial charge in [-0.05, 0) is 30.0 Å². The van der Waals surface area contributed by atoms with Gasteiger partial charge < -0.3 is 10.1 Å². The predicted octanol–water partition coefficient (Wildman–Crippen LogP) is 2.54. The predicted molar refractivity (Wildman–Crippen MR) is 110 cm³/mol. The second-order valence-electron chi connectivity index (χ2n) is 8.13. The van der Waals surface area contributed by atoms with Gasteiger partial charge in [0.05, 0.1) is 12.2 Å². The van der Waals surface area contributed by atoms with E-state index in [2.05, 4.69) is 26.3 Å². The lowest BCUT2D eigenvalue weighted by Gasteiger charge is -2.34. The summed E-state index contributed by atoms with van der Waals surface area (Å²) in [4.78, 5) is 3.94. The van der Waals surface area contributed by atoms with Crippen molar-refractivity contribution in [1.29, 1.82) is 0 Å². The van der Waals surface area contributed by atoms with Crippen molar-refractivity contribution in [2.45, 2.75) is 31.2 Å². The quantitative estimate of drug-likeness (QED) is 0.582. The lowest BCUT2D eigenvalue weighted by atomic mass is 9.80. The molecule has 4 heterocycles. The van der Waals surface area contributed by atoms with Crippen LogP contribution in [0.2, 0.25) is 0 Å². The molecule has 7 nitrogen and oxygen atoms in total. The number of piperidine rings is 1. The van der Waals surface area contributed by atoms with Crippen LogP contribution in [0, 0.1) is 17.6 Å². The van der Waals surface area contributed by atoms with E-state index in [0.717, 1.165) is 11.1 Å². The van der Waals surface area contributed by atoms with E-state index in [9.17, 15) is 8.78 Å². The summed E-state index contributed by atoms with van der Waals surface area (Å²) >= 11 is 0. The van der Waals surface area contributed by atoms with Gasteiger partial charge in [-0.15, -0.1) is 0 Å². The minimum atomic E-state index is -0.600. The fourth-order valence-electron chi connectivity index (χ4n) is 4.54. The Balaban J connectivity index is 1.32. The molecule has 0 radical (unpaired) electrons. The Hall–Kier alpha value is -2.88. The average molecular weight is 426 g/mol. The highest BCUT2D eigenvalue weighted by Crippen LogP contribution is 2.40. The van der Waals surface area contributed by atoms with Crippen molar-refractivity contribution in [1.82, 2.24) is 30.9 Å². The second kappa shape index (κ2) is 8.33. The molecule has 162 valence electrons. The highest BCUT2D eigenvalue weighted by atomic mass is 19.1. The molecule has 0 spiro atoms. The lowest BCUT2D eigenvalue weighted by Crippen LogP contribution is -2.46. The van der Waals surface area contributed by atoms with Crippen molar-refractivity contribution in [3.63, 3.8) is 0 Å². The molecule has 9 heteroatoms. The van der Waals surface area contributed by atoms with Crippen molar-refractivity contribution in [2.24, 2.45) is 13.0 Å². The first-order valence-corrected chi connectivity index (χ1v) is 10.3. The number of ether oxygens (including phenoxy) is 1. The van der Waals surface area contributed by atoms with E-state index in [4.69, 9.17) is 4.74 Å². The normalized spacial score (nSPS) is 25.4. The van der Waals surface area contributed by atoms with Gasteiger partial charge >= 0.3 is 0 Å². The Morgan fingerprint density at radius 2 is 1.94 bits per heavy atom. The summed E-state index contributed by atoms with van der Waals surface area (Å²) in [5.74, 6) is -0.853. The molecule has 2 aromatic heterocycles. The smallest absolute Gasteiger partial charge is 0.134 e. The number of hydrogen-bond acceptors (Lipinski definition) is 6. The first kappa shape index (κ1) is 20.0. The molecule has 1 aromatic carbocycles. The van der Waals surface area contributed by atoms with Crippen LogP contribution in [0.3, 0.4) is 0 Å². The van der Waals surface area contributed by atoms with Gasteiger partial charge in [-0.2, -0.15) is 5.10 Å². The molecule has 4 unspecified atom stereocenters. The highest BCUT2D eigenvalue weighted by Gasteiger charge is 2.42. The number of aromatic nitrogens is 3. The topological polar surface area (TPSA) is 76.0 Å². The fourth-order valence-corrected chi connectivity index (χ4v) is 4.54. The first-order chi connectivity index (χ1) is 15.1. The number of benzene rings is 1. The molecule has 2 saturated heterocycles. The highest BCUT2D eigenvalue weighted by molar-refractivity contribution is 5.33. The zero-order valence-electron chi connectivity index (χ0n) is 17.1. The Morgan fingerprint density at radius 3 is 2.65 bits per heavy atom. The Morgan fingerprint density at radius 1 is 1.16 bits per heavy atom. The molecular weight excluding hydrogens is 402 g/mol. The summed E-state index contributed by atoms with van der Waals surface area (Å²) in [7, 11) is 1.87. The van der Waals surface area contributed by atoms with Crippen molar-refractivity contribution in [3.05, 3.63) is 77.4 Å². The monoisotopic (exact) mass is 426 g/mol. The van der Waals surface area contributed by atoms with Gasteiger partial charge in [0.1, 0.15) is 24.0 Å². The number of hydrazine groups is 1. The number of pyridine rings is 1. The van der Waals surface area contributed by atoms with Crippen LogP contribution >= 0.6 is 0 Å². The molecule has 4 atom stereocenters. The van der Waals surface area contributed by atoms with Crippen molar-refractivity contribution in [2.75, 3.05) is 6.54 Å². The Labute approximate surface area is 178 Å². The molecule has 2 fully saturated rings. The first-order valence-electron chi connectivity index (χ1n) is 10.3. The van der Waals surface area contributed by atoms with Crippen molar-refractivity contribution >= 4 is 0 Å². The molecule has 3 aromatic rings.